The number of hydrogen-bond donors (Lipinski definition) is 0. The van der Waals surface area contributed by atoms with Gasteiger partial charge < -0.3 is 4.57 Å². The Morgan fingerprint density at radius 3 is 2.94 bits per heavy atom. The first-order valence-corrected chi connectivity index (χ1v) is 5.74. The van der Waals surface area contributed by atoms with E-state index in [1.807, 2.05) is 17.7 Å². The molecule has 2 aromatic rings. The van der Waals surface area contributed by atoms with Crippen molar-refractivity contribution in [1.82, 2.24) is 19.3 Å². The molecule has 2 aromatic heterocycles. The van der Waals surface area contributed by atoms with Crippen LogP contribution in [0.25, 0.3) is 0 Å². The third-order valence-electron chi connectivity index (χ3n) is 2.59. The second-order valence-corrected chi connectivity index (χ2v) is 4.07. The molecule has 0 unspecified atom stereocenters. The summed E-state index contributed by atoms with van der Waals surface area (Å²) in [5.41, 5.74) is 0.970. The molecule has 0 saturated heterocycles. The fourth-order valence-electron chi connectivity index (χ4n) is 1.70. The Labute approximate surface area is 99.7 Å². The van der Waals surface area contributed by atoms with Crippen LogP contribution in [0.1, 0.15) is 24.7 Å². The molecule has 0 spiro atoms. The fourth-order valence-corrected chi connectivity index (χ4v) is 1.70. The number of rotatable bonds is 4. The average Bonchev–Trinajstić information content (AvgIpc) is 2.71. The minimum Gasteiger partial charge on any atom is -0.308 e. The van der Waals surface area contributed by atoms with E-state index in [9.17, 15) is 4.79 Å². The second-order valence-electron chi connectivity index (χ2n) is 4.07. The summed E-state index contributed by atoms with van der Waals surface area (Å²) in [6, 6.07) is 3.54. The summed E-state index contributed by atoms with van der Waals surface area (Å²) in [6.45, 7) is 5.30. The minimum atomic E-state index is -0.00366. The lowest BCUT2D eigenvalue weighted by atomic mass is 10.3. The van der Waals surface area contributed by atoms with Crippen molar-refractivity contribution in [3.05, 3.63) is 46.4 Å². The van der Waals surface area contributed by atoms with Crippen LogP contribution in [0.5, 0.6) is 0 Å². The molecule has 0 atom stereocenters. The molecule has 17 heavy (non-hydrogen) atoms. The topological polar surface area (TPSA) is 52.7 Å². The Bertz CT molecular complexity index is 556. The van der Waals surface area contributed by atoms with Gasteiger partial charge in [0.15, 0.2) is 0 Å². The standard InChI is InChI=1S/C12H16N4O/c1-3-5-16-11(13-9-14-16)8-15-6-4-10(2)7-12(15)17/h4,6-7,9H,3,5,8H2,1-2H3. The Balaban J connectivity index is 2.25. The molecule has 0 aromatic carbocycles. The van der Waals surface area contributed by atoms with E-state index in [4.69, 9.17) is 0 Å². The molecule has 0 fully saturated rings. The first-order valence-electron chi connectivity index (χ1n) is 5.74. The van der Waals surface area contributed by atoms with Crippen LogP contribution in [-0.4, -0.2) is 19.3 Å². The van der Waals surface area contributed by atoms with E-state index in [2.05, 4.69) is 17.0 Å². The van der Waals surface area contributed by atoms with Gasteiger partial charge in [-0.1, -0.05) is 6.92 Å². The van der Waals surface area contributed by atoms with Gasteiger partial charge in [0.2, 0.25) is 0 Å². The van der Waals surface area contributed by atoms with Gasteiger partial charge in [0.05, 0.1) is 6.54 Å². The van der Waals surface area contributed by atoms with E-state index in [-0.39, 0.29) is 5.56 Å². The summed E-state index contributed by atoms with van der Waals surface area (Å²) in [4.78, 5) is 15.9. The highest BCUT2D eigenvalue weighted by molar-refractivity contribution is 5.08. The normalized spacial score (nSPS) is 10.7. The third-order valence-corrected chi connectivity index (χ3v) is 2.59. The van der Waals surface area contributed by atoms with Crippen molar-refractivity contribution in [1.29, 1.82) is 0 Å². The number of aryl methyl sites for hydroxylation is 2. The highest BCUT2D eigenvalue weighted by Crippen LogP contribution is 1.99. The maximum absolute atomic E-state index is 11.7. The van der Waals surface area contributed by atoms with E-state index in [1.54, 1.807) is 16.8 Å². The van der Waals surface area contributed by atoms with E-state index in [1.165, 1.54) is 6.33 Å². The Morgan fingerprint density at radius 1 is 1.41 bits per heavy atom. The lowest BCUT2D eigenvalue weighted by Gasteiger charge is -2.07. The van der Waals surface area contributed by atoms with Crippen LogP contribution < -0.4 is 5.56 Å². The zero-order valence-electron chi connectivity index (χ0n) is 10.1. The lowest BCUT2D eigenvalue weighted by molar-refractivity contribution is 0.550. The van der Waals surface area contributed by atoms with Crippen LogP contribution in [0.2, 0.25) is 0 Å². The van der Waals surface area contributed by atoms with Gasteiger partial charge in [0.1, 0.15) is 12.2 Å². The van der Waals surface area contributed by atoms with Gasteiger partial charge >= 0.3 is 0 Å². The zero-order chi connectivity index (χ0) is 12.3. The predicted molar refractivity (Wildman–Crippen MR) is 64.9 cm³/mol. The molecule has 0 aliphatic heterocycles. The van der Waals surface area contributed by atoms with Gasteiger partial charge in [-0.05, 0) is 25.0 Å². The largest absolute Gasteiger partial charge is 0.308 e. The molecule has 0 radical (unpaired) electrons. The van der Waals surface area contributed by atoms with E-state index in [0.29, 0.717) is 6.54 Å². The van der Waals surface area contributed by atoms with Crippen molar-refractivity contribution >= 4 is 0 Å². The fraction of sp³-hybridized carbons (Fsp3) is 0.417. The van der Waals surface area contributed by atoms with Crippen LogP contribution in [0.15, 0.2) is 29.5 Å². The van der Waals surface area contributed by atoms with Gasteiger partial charge in [-0.2, -0.15) is 5.10 Å². The maximum Gasteiger partial charge on any atom is 0.251 e. The molecule has 5 nitrogen and oxygen atoms in total. The molecule has 90 valence electrons. The van der Waals surface area contributed by atoms with E-state index >= 15 is 0 Å². The molecule has 0 amide bonds. The number of pyridine rings is 1. The van der Waals surface area contributed by atoms with Crippen molar-refractivity contribution in [2.45, 2.75) is 33.4 Å². The van der Waals surface area contributed by atoms with Crippen molar-refractivity contribution < 1.29 is 0 Å². The van der Waals surface area contributed by atoms with Crippen molar-refractivity contribution in [3.63, 3.8) is 0 Å². The highest BCUT2D eigenvalue weighted by atomic mass is 16.1. The molecule has 0 aliphatic rings. The lowest BCUT2D eigenvalue weighted by Crippen LogP contribution is -2.21. The smallest absolute Gasteiger partial charge is 0.251 e. The number of hydrogen-bond acceptors (Lipinski definition) is 3. The highest BCUT2D eigenvalue weighted by Gasteiger charge is 2.05. The third kappa shape index (κ3) is 2.61. The van der Waals surface area contributed by atoms with Crippen LogP contribution in [0.4, 0.5) is 0 Å². The van der Waals surface area contributed by atoms with Gasteiger partial charge in [-0.25, -0.2) is 9.67 Å². The molecule has 2 rings (SSSR count). The second kappa shape index (κ2) is 4.95. The minimum absolute atomic E-state index is 0.00366. The van der Waals surface area contributed by atoms with Gasteiger partial charge in [0.25, 0.3) is 5.56 Å². The molecule has 0 bridgehead atoms. The molecular formula is C12H16N4O. The Hall–Kier alpha value is -1.91. The summed E-state index contributed by atoms with van der Waals surface area (Å²) < 4.78 is 3.48. The summed E-state index contributed by atoms with van der Waals surface area (Å²) in [5.74, 6) is 0.817. The van der Waals surface area contributed by atoms with Crippen LogP contribution in [0.3, 0.4) is 0 Å². The summed E-state index contributed by atoms with van der Waals surface area (Å²) >= 11 is 0. The van der Waals surface area contributed by atoms with E-state index in [0.717, 1.165) is 24.4 Å². The molecule has 0 saturated carbocycles. The van der Waals surface area contributed by atoms with Crippen molar-refractivity contribution in [2.75, 3.05) is 0 Å². The van der Waals surface area contributed by atoms with Crippen molar-refractivity contribution in [2.24, 2.45) is 0 Å². The Kier molecular flexibility index (Phi) is 3.37. The Morgan fingerprint density at radius 2 is 2.24 bits per heavy atom. The zero-order valence-corrected chi connectivity index (χ0v) is 10.1. The quantitative estimate of drug-likeness (QED) is 0.796. The average molecular weight is 232 g/mol. The summed E-state index contributed by atoms with van der Waals surface area (Å²) in [7, 11) is 0. The molecule has 2 heterocycles. The van der Waals surface area contributed by atoms with Gasteiger partial charge in [-0.15, -0.1) is 0 Å². The number of nitrogens with zero attached hydrogens (tertiary/aromatic N) is 4. The van der Waals surface area contributed by atoms with E-state index < -0.39 is 0 Å². The monoisotopic (exact) mass is 232 g/mol. The van der Waals surface area contributed by atoms with Crippen LogP contribution in [0, 0.1) is 6.92 Å². The molecule has 5 heteroatoms. The summed E-state index contributed by atoms with van der Waals surface area (Å²) in [5, 5.41) is 4.14. The molecule has 0 aliphatic carbocycles. The first kappa shape index (κ1) is 11.6. The van der Waals surface area contributed by atoms with Crippen molar-refractivity contribution in [3.8, 4) is 0 Å². The molecule has 0 N–H and O–H groups in total. The SMILES string of the molecule is CCCn1ncnc1Cn1ccc(C)cc1=O. The van der Waals surface area contributed by atoms with Gasteiger partial charge in [-0.3, -0.25) is 4.79 Å². The van der Waals surface area contributed by atoms with Crippen LogP contribution >= 0.6 is 0 Å². The summed E-state index contributed by atoms with van der Waals surface area (Å²) in [6.07, 6.45) is 4.33. The first-order chi connectivity index (χ1) is 8.20. The molecular weight excluding hydrogens is 216 g/mol. The van der Waals surface area contributed by atoms with Crippen LogP contribution in [-0.2, 0) is 13.1 Å². The van der Waals surface area contributed by atoms with Gasteiger partial charge in [0, 0.05) is 18.8 Å². The maximum atomic E-state index is 11.7. The predicted octanol–water partition coefficient (Wildman–Crippen LogP) is 1.21. The number of aromatic nitrogens is 4.